The summed E-state index contributed by atoms with van der Waals surface area (Å²) in [6.45, 7) is 0.479. The second-order valence-corrected chi connectivity index (χ2v) is 8.88. The standard InChI is InChI=1S/C20H15Br2ClFNO2/c21-15-2-1-3-17(23)14(15)9-25-19-10(6-18(26)27)4-5-12(19)13-7-11(24)8-16(22)20(13)25/h1-3,7-8,10H,4-6,9H2,(H,26,27). The molecular weight excluding hydrogens is 500 g/mol. The average Bonchev–Trinajstić information content (AvgIpc) is 3.10. The smallest absolute Gasteiger partial charge is 0.304 e. The molecule has 4 rings (SSSR count). The van der Waals surface area contributed by atoms with E-state index in [9.17, 15) is 14.3 Å². The van der Waals surface area contributed by atoms with Crippen LogP contribution in [0.2, 0.25) is 5.02 Å². The maximum Gasteiger partial charge on any atom is 0.304 e. The molecule has 2 aromatic carbocycles. The number of halogens is 4. The van der Waals surface area contributed by atoms with Crippen LogP contribution in [0.5, 0.6) is 0 Å². The molecule has 140 valence electrons. The first-order chi connectivity index (χ1) is 12.9. The number of carboxylic acids is 1. The van der Waals surface area contributed by atoms with Gasteiger partial charge in [-0.3, -0.25) is 4.79 Å². The first kappa shape index (κ1) is 19.0. The summed E-state index contributed by atoms with van der Waals surface area (Å²) < 4.78 is 17.7. The van der Waals surface area contributed by atoms with Crippen molar-refractivity contribution in [3.05, 3.63) is 66.9 Å². The monoisotopic (exact) mass is 513 g/mol. The fraction of sp³-hybridized carbons (Fsp3) is 0.250. The van der Waals surface area contributed by atoms with Gasteiger partial charge >= 0.3 is 5.97 Å². The average molecular weight is 516 g/mol. The minimum Gasteiger partial charge on any atom is -0.481 e. The normalized spacial score (nSPS) is 16.1. The predicted molar refractivity (Wildman–Crippen MR) is 111 cm³/mol. The Kier molecular flexibility index (Phi) is 5.08. The van der Waals surface area contributed by atoms with Crippen molar-refractivity contribution >= 4 is 60.3 Å². The van der Waals surface area contributed by atoms with E-state index in [0.717, 1.165) is 45.0 Å². The first-order valence-corrected chi connectivity index (χ1v) is 10.5. The van der Waals surface area contributed by atoms with Gasteiger partial charge in [-0.2, -0.15) is 0 Å². The van der Waals surface area contributed by atoms with Crippen molar-refractivity contribution in [3.8, 4) is 0 Å². The quantitative estimate of drug-likeness (QED) is 0.430. The molecule has 1 aromatic heterocycles. The molecule has 0 fully saturated rings. The Morgan fingerprint density at radius 1 is 1.30 bits per heavy atom. The van der Waals surface area contributed by atoms with E-state index in [-0.39, 0.29) is 18.2 Å². The summed E-state index contributed by atoms with van der Waals surface area (Å²) in [6, 6.07) is 8.61. The molecule has 0 spiro atoms. The molecule has 0 aliphatic heterocycles. The van der Waals surface area contributed by atoms with Crippen molar-refractivity contribution in [2.24, 2.45) is 0 Å². The lowest BCUT2D eigenvalue weighted by atomic mass is 10.0. The fourth-order valence-corrected chi connectivity index (χ4v) is 5.58. The van der Waals surface area contributed by atoms with Crippen LogP contribution in [-0.2, 0) is 17.8 Å². The zero-order valence-electron chi connectivity index (χ0n) is 14.1. The molecule has 3 nitrogen and oxygen atoms in total. The summed E-state index contributed by atoms with van der Waals surface area (Å²) in [5, 5.41) is 10.8. The Hall–Kier alpha value is -1.37. The lowest BCUT2D eigenvalue weighted by molar-refractivity contribution is -0.137. The van der Waals surface area contributed by atoms with E-state index in [1.165, 1.54) is 6.07 Å². The van der Waals surface area contributed by atoms with E-state index in [0.29, 0.717) is 16.0 Å². The van der Waals surface area contributed by atoms with Crippen LogP contribution in [0.1, 0.15) is 35.6 Å². The van der Waals surface area contributed by atoms with Gasteiger partial charge in [0.25, 0.3) is 0 Å². The Balaban J connectivity index is 1.97. The van der Waals surface area contributed by atoms with Crippen LogP contribution in [0.15, 0.2) is 39.3 Å². The number of carboxylic acid groups (broad SMARTS) is 1. The minimum absolute atomic E-state index is 0.0626. The number of fused-ring (bicyclic) bond motifs is 3. The Labute approximate surface area is 177 Å². The highest BCUT2D eigenvalue weighted by molar-refractivity contribution is 9.11. The van der Waals surface area contributed by atoms with Crippen molar-refractivity contribution in [2.75, 3.05) is 0 Å². The van der Waals surface area contributed by atoms with E-state index < -0.39 is 5.97 Å². The minimum atomic E-state index is -0.825. The molecule has 1 aliphatic rings. The topological polar surface area (TPSA) is 42.2 Å². The molecule has 0 bridgehead atoms. The zero-order valence-corrected chi connectivity index (χ0v) is 18.0. The van der Waals surface area contributed by atoms with Crippen molar-refractivity contribution < 1.29 is 14.3 Å². The second kappa shape index (κ2) is 7.22. The third-order valence-electron chi connectivity index (χ3n) is 5.15. The van der Waals surface area contributed by atoms with Gasteiger partial charge in [0, 0.05) is 36.5 Å². The molecule has 0 radical (unpaired) electrons. The number of rotatable bonds is 4. The molecule has 27 heavy (non-hydrogen) atoms. The molecule has 1 aliphatic carbocycles. The number of aliphatic carboxylic acids is 1. The highest BCUT2D eigenvalue weighted by Crippen LogP contribution is 2.44. The third-order valence-corrected chi connectivity index (χ3v) is 6.85. The second-order valence-electron chi connectivity index (χ2n) is 6.77. The maximum absolute atomic E-state index is 14.1. The van der Waals surface area contributed by atoms with Crippen LogP contribution < -0.4 is 0 Å². The summed E-state index contributed by atoms with van der Waals surface area (Å²) in [5.74, 6) is -1.23. The van der Waals surface area contributed by atoms with Gasteiger partial charge in [0.2, 0.25) is 0 Å². The molecule has 1 unspecified atom stereocenters. The molecule has 3 aromatic rings. The van der Waals surface area contributed by atoms with Crippen molar-refractivity contribution in [1.29, 1.82) is 0 Å². The number of aromatic nitrogens is 1. The lowest BCUT2D eigenvalue weighted by Gasteiger charge is -2.17. The molecule has 7 heteroatoms. The molecule has 1 N–H and O–H groups in total. The van der Waals surface area contributed by atoms with Crippen LogP contribution in [0.3, 0.4) is 0 Å². The Morgan fingerprint density at radius 2 is 2.07 bits per heavy atom. The predicted octanol–water partition coefficient (Wildman–Crippen LogP) is 6.51. The van der Waals surface area contributed by atoms with Gasteiger partial charge in [-0.1, -0.05) is 33.6 Å². The molecule has 0 saturated carbocycles. The van der Waals surface area contributed by atoms with Gasteiger partial charge in [0.05, 0.1) is 18.5 Å². The van der Waals surface area contributed by atoms with E-state index in [4.69, 9.17) is 11.6 Å². The van der Waals surface area contributed by atoms with Crippen LogP contribution >= 0.6 is 43.5 Å². The van der Waals surface area contributed by atoms with Gasteiger partial charge in [-0.25, -0.2) is 4.39 Å². The van der Waals surface area contributed by atoms with Crippen molar-refractivity contribution in [3.63, 3.8) is 0 Å². The first-order valence-electron chi connectivity index (χ1n) is 8.51. The van der Waals surface area contributed by atoms with Crippen LogP contribution in [0.4, 0.5) is 4.39 Å². The Bertz CT molecular complexity index is 1060. The summed E-state index contributed by atoms with van der Waals surface area (Å²) in [6.07, 6.45) is 1.56. The summed E-state index contributed by atoms with van der Waals surface area (Å²) in [7, 11) is 0. The number of carbonyl (C=O) groups is 1. The summed E-state index contributed by atoms with van der Waals surface area (Å²) >= 11 is 13.5. The molecule has 1 heterocycles. The molecule has 0 saturated heterocycles. The highest BCUT2D eigenvalue weighted by Gasteiger charge is 2.32. The number of aryl methyl sites for hydroxylation is 1. The summed E-state index contributed by atoms with van der Waals surface area (Å²) in [4.78, 5) is 11.4. The molecule has 1 atom stereocenters. The van der Waals surface area contributed by atoms with E-state index >= 15 is 0 Å². The van der Waals surface area contributed by atoms with Crippen LogP contribution in [-0.4, -0.2) is 15.6 Å². The number of nitrogens with zero attached hydrogens (tertiary/aromatic N) is 1. The van der Waals surface area contributed by atoms with Crippen molar-refractivity contribution in [2.45, 2.75) is 31.7 Å². The van der Waals surface area contributed by atoms with Gasteiger partial charge in [0.15, 0.2) is 0 Å². The Morgan fingerprint density at radius 3 is 2.78 bits per heavy atom. The molecular formula is C20H15Br2ClFNO2. The van der Waals surface area contributed by atoms with Gasteiger partial charge < -0.3 is 9.67 Å². The van der Waals surface area contributed by atoms with Crippen LogP contribution in [0.25, 0.3) is 10.9 Å². The highest BCUT2D eigenvalue weighted by atomic mass is 79.9. The van der Waals surface area contributed by atoms with Crippen molar-refractivity contribution in [1.82, 2.24) is 4.57 Å². The lowest BCUT2D eigenvalue weighted by Crippen LogP contribution is -2.11. The van der Waals surface area contributed by atoms with Gasteiger partial charge in [-0.05, 0) is 58.6 Å². The van der Waals surface area contributed by atoms with E-state index in [1.807, 2.05) is 18.2 Å². The molecule has 0 amide bonds. The zero-order chi connectivity index (χ0) is 19.3. The fourth-order valence-electron chi connectivity index (χ4n) is 4.09. The number of hydrogen-bond acceptors (Lipinski definition) is 1. The number of hydrogen-bond donors (Lipinski definition) is 1. The van der Waals surface area contributed by atoms with Crippen LogP contribution in [0, 0.1) is 5.82 Å². The van der Waals surface area contributed by atoms with Gasteiger partial charge in [0.1, 0.15) is 5.82 Å². The summed E-state index contributed by atoms with van der Waals surface area (Å²) in [5.41, 5.74) is 3.81. The maximum atomic E-state index is 14.1. The largest absolute Gasteiger partial charge is 0.481 e. The SMILES string of the molecule is O=C(O)CC1CCc2c1n(Cc1c(Cl)cccc1Br)c1c(Br)cc(F)cc21. The van der Waals surface area contributed by atoms with E-state index in [1.54, 1.807) is 6.07 Å². The number of benzene rings is 2. The third kappa shape index (κ3) is 3.32. The van der Waals surface area contributed by atoms with E-state index in [2.05, 4.69) is 36.4 Å². The van der Waals surface area contributed by atoms with Gasteiger partial charge in [-0.15, -0.1) is 0 Å².